The Hall–Kier alpha value is -1.37. The first-order valence-electron chi connectivity index (χ1n) is 9.87. The van der Waals surface area contributed by atoms with Crippen molar-refractivity contribution in [2.24, 2.45) is 5.41 Å². The summed E-state index contributed by atoms with van der Waals surface area (Å²) in [6.45, 7) is 11.7. The molecule has 3 heteroatoms. The summed E-state index contributed by atoms with van der Waals surface area (Å²) in [7, 11) is 0. The Morgan fingerprint density at radius 3 is 2.50 bits per heavy atom. The van der Waals surface area contributed by atoms with Gasteiger partial charge in [0, 0.05) is 18.4 Å². The molecule has 1 unspecified atom stereocenters. The predicted molar refractivity (Wildman–Crippen MR) is 108 cm³/mol. The van der Waals surface area contributed by atoms with Crippen LogP contribution in [0, 0.1) is 17.3 Å². The fourth-order valence-corrected chi connectivity index (χ4v) is 2.52. The van der Waals surface area contributed by atoms with Crippen LogP contribution in [0.5, 0.6) is 0 Å². The molecule has 0 saturated carbocycles. The summed E-state index contributed by atoms with van der Waals surface area (Å²) in [5.41, 5.74) is 2.48. The highest BCUT2D eigenvalue weighted by molar-refractivity contribution is 5.95. The van der Waals surface area contributed by atoms with Gasteiger partial charge >= 0.3 is 0 Å². The van der Waals surface area contributed by atoms with Crippen molar-refractivity contribution in [2.45, 2.75) is 85.9 Å². The molecule has 0 aromatic carbocycles. The zero-order valence-corrected chi connectivity index (χ0v) is 17.3. The van der Waals surface area contributed by atoms with Crippen LogP contribution in [0.3, 0.4) is 0 Å². The maximum atomic E-state index is 11.8. The highest BCUT2D eigenvalue weighted by atomic mass is 16.7. The summed E-state index contributed by atoms with van der Waals surface area (Å²) in [6, 6.07) is 0. The minimum atomic E-state index is -0.114. The summed E-state index contributed by atoms with van der Waals surface area (Å²) in [4.78, 5) is 11.8. The molecule has 0 amide bonds. The van der Waals surface area contributed by atoms with E-state index in [9.17, 15) is 4.79 Å². The van der Waals surface area contributed by atoms with Crippen LogP contribution in [-0.4, -0.2) is 25.3 Å². The Bertz CT molecular complexity index is 546. The summed E-state index contributed by atoms with van der Waals surface area (Å²) in [6.07, 6.45) is 11.0. The number of Topliss-reactive ketones (excluding diaryl/α,β-unsaturated/α-hetero) is 1. The fourth-order valence-electron chi connectivity index (χ4n) is 2.52. The van der Waals surface area contributed by atoms with Gasteiger partial charge in [-0.2, -0.15) is 0 Å². The molecular weight excluding hydrogens is 324 g/mol. The third kappa shape index (κ3) is 12.1. The summed E-state index contributed by atoms with van der Waals surface area (Å²) in [5, 5.41) is 0. The predicted octanol–water partition coefficient (Wildman–Crippen LogP) is 5.60. The molecule has 1 rings (SSSR count). The average Bonchev–Trinajstić information content (AvgIpc) is 2.58. The van der Waals surface area contributed by atoms with Gasteiger partial charge in [-0.15, -0.1) is 0 Å². The second-order valence-electron chi connectivity index (χ2n) is 8.19. The van der Waals surface area contributed by atoms with Crippen molar-refractivity contribution in [3.8, 4) is 11.8 Å². The number of carbonyl (C=O) groups is 1. The fraction of sp³-hybridized carbons (Fsp3) is 0.696. The maximum absolute atomic E-state index is 11.8. The lowest BCUT2D eigenvalue weighted by molar-refractivity contribution is -0.155. The van der Waals surface area contributed by atoms with Gasteiger partial charge in [-0.3, -0.25) is 4.79 Å². The van der Waals surface area contributed by atoms with Crippen molar-refractivity contribution >= 4 is 5.78 Å². The minimum absolute atomic E-state index is 0.0196. The molecule has 0 aromatic rings. The van der Waals surface area contributed by atoms with Crippen molar-refractivity contribution in [1.82, 2.24) is 0 Å². The van der Waals surface area contributed by atoms with E-state index in [2.05, 4.69) is 37.8 Å². The van der Waals surface area contributed by atoms with Crippen LogP contribution in [0.25, 0.3) is 0 Å². The van der Waals surface area contributed by atoms with Crippen LogP contribution in [0.1, 0.15) is 79.6 Å². The molecule has 1 heterocycles. The molecule has 0 radical (unpaired) electrons. The molecule has 3 nitrogen and oxygen atoms in total. The molecule has 0 spiro atoms. The molecule has 1 atom stereocenters. The Labute approximate surface area is 160 Å². The topological polar surface area (TPSA) is 35.5 Å². The van der Waals surface area contributed by atoms with Gasteiger partial charge in [0.1, 0.15) is 0 Å². The normalized spacial score (nSPS) is 19.0. The van der Waals surface area contributed by atoms with Crippen molar-refractivity contribution in [3.05, 3.63) is 23.3 Å². The van der Waals surface area contributed by atoms with Crippen LogP contribution in [0.4, 0.5) is 0 Å². The van der Waals surface area contributed by atoms with Gasteiger partial charge in [0.15, 0.2) is 6.29 Å². The Morgan fingerprint density at radius 1 is 1.12 bits per heavy atom. The first-order chi connectivity index (χ1) is 12.3. The van der Waals surface area contributed by atoms with Gasteiger partial charge in [-0.1, -0.05) is 29.2 Å². The van der Waals surface area contributed by atoms with Crippen LogP contribution >= 0.6 is 0 Å². The van der Waals surface area contributed by atoms with E-state index in [4.69, 9.17) is 9.47 Å². The lowest BCUT2D eigenvalue weighted by Crippen LogP contribution is -2.22. The molecule has 1 fully saturated rings. The Morgan fingerprint density at radius 2 is 1.85 bits per heavy atom. The average molecular weight is 361 g/mol. The van der Waals surface area contributed by atoms with E-state index < -0.39 is 0 Å². The summed E-state index contributed by atoms with van der Waals surface area (Å²) < 4.78 is 11.3. The summed E-state index contributed by atoms with van der Waals surface area (Å²) in [5.74, 6) is 5.79. The van der Waals surface area contributed by atoms with Gasteiger partial charge in [-0.25, -0.2) is 0 Å². The van der Waals surface area contributed by atoms with E-state index in [-0.39, 0.29) is 17.5 Å². The monoisotopic (exact) mass is 360 g/mol. The van der Waals surface area contributed by atoms with Gasteiger partial charge in [0.2, 0.25) is 5.78 Å². The molecular formula is C23H36O3. The Kier molecular flexibility index (Phi) is 10.5. The minimum Gasteiger partial charge on any atom is -0.353 e. The number of rotatable bonds is 9. The zero-order valence-electron chi connectivity index (χ0n) is 17.3. The van der Waals surface area contributed by atoms with E-state index in [1.807, 2.05) is 20.8 Å². The molecule has 26 heavy (non-hydrogen) atoms. The first kappa shape index (κ1) is 22.7. The van der Waals surface area contributed by atoms with Crippen molar-refractivity contribution < 1.29 is 14.3 Å². The lowest BCUT2D eigenvalue weighted by Gasteiger charge is -2.22. The molecule has 0 aromatic heterocycles. The number of hydrogen-bond acceptors (Lipinski definition) is 3. The molecule has 0 aliphatic carbocycles. The van der Waals surface area contributed by atoms with Crippen LogP contribution < -0.4 is 0 Å². The SMILES string of the molecule is CC(=CCOC1CCCCO1)CCC=C(C)CCC(=O)C#CC(C)(C)C. The molecule has 1 aliphatic rings. The van der Waals surface area contributed by atoms with Gasteiger partial charge < -0.3 is 9.47 Å². The standard InChI is InChI=1S/C23H36O3/c1-19(12-13-21(24)14-16-23(3,4)5)9-8-10-20(2)15-18-26-22-11-6-7-17-25-22/h9,15,22H,6-8,10-13,17-18H2,1-5H3. The van der Waals surface area contributed by atoms with Crippen molar-refractivity contribution in [1.29, 1.82) is 0 Å². The lowest BCUT2D eigenvalue weighted by atomic mass is 9.97. The van der Waals surface area contributed by atoms with E-state index in [0.717, 1.165) is 38.7 Å². The Balaban J connectivity index is 2.21. The third-order valence-electron chi connectivity index (χ3n) is 4.21. The molecule has 1 aliphatic heterocycles. The van der Waals surface area contributed by atoms with Crippen molar-refractivity contribution in [3.63, 3.8) is 0 Å². The zero-order chi connectivity index (χ0) is 19.4. The number of hydrogen-bond donors (Lipinski definition) is 0. The molecule has 1 saturated heterocycles. The molecule has 0 N–H and O–H groups in total. The number of allylic oxidation sites excluding steroid dienone is 3. The largest absolute Gasteiger partial charge is 0.353 e. The molecule has 146 valence electrons. The van der Waals surface area contributed by atoms with Crippen LogP contribution in [0.15, 0.2) is 23.3 Å². The van der Waals surface area contributed by atoms with E-state index >= 15 is 0 Å². The smallest absolute Gasteiger partial charge is 0.205 e. The number of carbonyl (C=O) groups excluding carboxylic acids is 1. The quantitative estimate of drug-likeness (QED) is 0.305. The van der Waals surface area contributed by atoms with Crippen LogP contribution in [-0.2, 0) is 14.3 Å². The van der Waals surface area contributed by atoms with Crippen LogP contribution in [0.2, 0.25) is 0 Å². The maximum Gasteiger partial charge on any atom is 0.205 e. The van der Waals surface area contributed by atoms with Gasteiger partial charge in [0.05, 0.1) is 6.61 Å². The second kappa shape index (κ2) is 12.1. The molecule has 0 bridgehead atoms. The number of ether oxygens (including phenoxy) is 2. The first-order valence-corrected chi connectivity index (χ1v) is 9.87. The van der Waals surface area contributed by atoms with Crippen molar-refractivity contribution in [2.75, 3.05) is 13.2 Å². The van der Waals surface area contributed by atoms with E-state index in [1.165, 1.54) is 17.6 Å². The highest BCUT2D eigenvalue weighted by Crippen LogP contribution is 2.15. The third-order valence-corrected chi connectivity index (χ3v) is 4.21. The summed E-state index contributed by atoms with van der Waals surface area (Å²) >= 11 is 0. The van der Waals surface area contributed by atoms with E-state index in [0.29, 0.717) is 13.0 Å². The highest BCUT2D eigenvalue weighted by Gasteiger charge is 2.12. The second-order valence-corrected chi connectivity index (χ2v) is 8.19. The van der Waals surface area contributed by atoms with E-state index in [1.54, 1.807) is 0 Å². The van der Waals surface area contributed by atoms with Gasteiger partial charge in [-0.05, 0) is 79.1 Å². The number of ketones is 1. The van der Waals surface area contributed by atoms with Gasteiger partial charge in [0.25, 0.3) is 0 Å².